The number of aryl methyl sites for hydroxylation is 2. The Balaban J connectivity index is 0.000000203. The molecule has 52 heavy (non-hydrogen) atoms. The molecule has 0 N–H and O–H groups in total. The van der Waals surface area contributed by atoms with Gasteiger partial charge < -0.3 is 4.74 Å². The summed E-state index contributed by atoms with van der Waals surface area (Å²) >= 11 is 9.10. The van der Waals surface area contributed by atoms with E-state index in [1.165, 1.54) is 83.1 Å². The maximum absolute atomic E-state index is 14.7. The van der Waals surface area contributed by atoms with E-state index in [0.717, 1.165) is 53.7 Å². The monoisotopic (exact) mass is 756 g/mol. The smallest absolute Gasteiger partial charge is 0.400 e. The van der Waals surface area contributed by atoms with Crippen LogP contribution in [0.1, 0.15) is 139 Å². The fourth-order valence-corrected chi connectivity index (χ4v) is 9.93. The molecular formula is C43H56F4N2OS2. The number of rotatable bonds is 8. The highest BCUT2D eigenvalue weighted by Gasteiger charge is 2.45. The number of hydrogen-bond donors (Lipinski definition) is 0. The van der Waals surface area contributed by atoms with Gasteiger partial charge in [-0.3, -0.25) is 0 Å². The number of thiocarbonyl (C=S) groups is 2. The molecule has 0 aliphatic heterocycles. The first kappa shape index (κ1) is 40.7. The SMILES string of the molecule is Cc1cc(C2CCC(C3CCC(C)CC3)CC2)cc(F)c1N=C=S.Cc1cc(OC(F)(F)C2CCC(C3CCC(C)CC3)CC2)cc(F)c1N=C=S. The second-order valence-electron chi connectivity index (χ2n) is 16.6. The van der Waals surface area contributed by atoms with Gasteiger partial charge in [-0.05, 0) is 186 Å². The lowest BCUT2D eigenvalue weighted by atomic mass is 9.68. The fourth-order valence-electron chi connectivity index (χ4n) is 9.74. The van der Waals surface area contributed by atoms with E-state index in [0.29, 0.717) is 41.8 Å². The van der Waals surface area contributed by atoms with Gasteiger partial charge in [-0.25, -0.2) is 8.78 Å². The third-order valence-electron chi connectivity index (χ3n) is 13.0. The molecule has 0 atom stereocenters. The average molecular weight is 757 g/mol. The summed E-state index contributed by atoms with van der Waals surface area (Å²) in [4.78, 5) is 7.50. The number of benzene rings is 2. The van der Waals surface area contributed by atoms with Crippen molar-refractivity contribution in [1.29, 1.82) is 0 Å². The summed E-state index contributed by atoms with van der Waals surface area (Å²) in [5.41, 5.74) is 2.75. The molecule has 0 aromatic heterocycles. The number of alkyl halides is 2. The van der Waals surface area contributed by atoms with E-state index in [9.17, 15) is 17.6 Å². The summed E-state index contributed by atoms with van der Waals surface area (Å²) in [7, 11) is 0. The highest BCUT2D eigenvalue weighted by Crippen LogP contribution is 2.47. The Kier molecular flexibility index (Phi) is 14.7. The van der Waals surface area contributed by atoms with Crippen LogP contribution in [0.3, 0.4) is 0 Å². The maximum Gasteiger partial charge on any atom is 0.400 e. The quantitative estimate of drug-likeness (QED) is 0.153. The lowest BCUT2D eigenvalue weighted by Crippen LogP contribution is -2.38. The molecule has 4 fully saturated rings. The lowest BCUT2D eigenvalue weighted by molar-refractivity contribution is -0.224. The Labute approximate surface area is 319 Å². The summed E-state index contributed by atoms with van der Waals surface area (Å²) in [6.07, 6.45) is 15.0. The third-order valence-corrected chi connectivity index (χ3v) is 13.2. The Morgan fingerprint density at radius 1 is 0.596 bits per heavy atom. The first-order chi connectivity index (χ1) is 24.9. The van der Waals surface area contributed by atoms with Crippen LogP contribution in [0.2, 0.25) is 0 Å². The summed E-state index contributed by atoms with van der Waals surface area (Å²) in [5, 5.41) is 4.38. The predicted molar refractivity (Wildman–Crippen MR) is 210 cm³/mol. The molecule has 0 radical (unpaired) electrons. The largest absolute Gasteiger partial charge is 0.432 e. The van der Waals surface area contributed by atoms with Crippen molar-refractivity contribution in [2.45, 2.75) is 142 Å². The van der Waals surface area contributed by atoms with E-state index in [4.69, 9.17) is 4.74 Å². The average Bonchev–Trinajstić information content (AvgIpc) is 3.12. The zero-order valence-corrected chi connectivity index (χ0v) is 33.0. The molecule has 0 heterocycles. The molecule has 0 spiro atoms. The first-order valence-electron chi connectivity index (χ1n) is 19.7. The number of ether oxygens (including phenoxy) is 1. The fraction of sp³-hybridized carbons (Fsp3) is 0.674. The van der Waals surface area contributed by atoms with E-state index in [1.54, 1.807) is 13.0 Å². The van der Waals surface area contributed by atoms with Crippen molar-refractivity contribution >= 4 is 46.1 Å². The summed E-state index contributed by atoms with van der Waals surface area (Å²) < 4.78 is 62.8. The zero-order chi connectivity index (χ0) is 37.4. The molecule has 3 nitrogen and oxygen atoms in total. The Morgan fingerprint density at radius 2 is 1.00 bits per heavy atom. The normalized spacial score (nSPS) is 29.5. The molecular weight excluding hydrogens is 701 g/mol. The van der Waals surface area contributed by atoms with Gasteiger partial charge in [0.1, 0.15) is 22.9 Å². The van der Waals surface area contributed by atoms with Crippen molar-refractivity contribution in [2.24, 2.45) is 51.4 Å². The van der Waals surface area contributed by atoms with Crippen LogP contribution in [-0.4, -0.2) is 16.4 Å². The molecule has 4 aliphatic carbocycles. The Morgan fingerprint density at radius 3 is 1.42 bits per heavy atom. The van der Waals surface area contributed by atoms with Crippen molar-refractivity contribution < 1.29 is 22.3 Å². The molecule has 9 heteroatoms. The van der Waals surface area contributed by atoms with Gasteiger partial charge in [0.15, 0.2) is 5.82 Å². The zero-order valence-electron chi connectivity index (χ0n) is 31.4. The van der Waals surface area contributed by atoms with Crippen molar-refractivity contribution in [3.63, 3.8) is 0 Å². The van der Waals surface area contributed by atoms with Crippen LogP contribution in [0, 0.1) is 66.9 Å². The van der Waals surface area contributed by atoms with Crippen molar-refractivity contribution in [3.8, 4) is 5.75 Å². The van der Waals surface area contributed by atoms with Gasteiger partial charge in [-0.15, -0.1) is 0 Å². The summed E-state index contributed by atoms with van der Waals surface area (Å²) in [5.74, 6) is 3.33. The van der Waals surface area contributed by atoms with Gasteiger partial charge >= 0.3 is 6.11 Å². The molecule has 284 valence electrons. The van der Waals surface area contributed by atoms with Gasteiger partial charge in [-0.1, -0.05) is 45.6 Å². The number of aliphatic imine (C=N–C) groups is 2. The van der Waals surface area contributed by atoms with Crippen LogP contribution < -0.4 is 4.74 Å². The summed E-state index contributed by atoms with van der Waals surface area (Å²) in [6, 6.07) is 6.09. The number of hydrogen-bond acceptors (Lipinski definition) is 5. The topological polar surface area (TPSA) is 34.0 Å². The molecule has 0 bridgehead atoms. The highest BCUT2D eigenvalue weighted by atomic mass is 32.1. The molecule has 6 rings (SSSR count). The standard InChI is InChI=1S/C22H28F3NOS.C21H28FNS/c1-14-3-5-16(6-4-14)17-7-9-18(10-8-17)22(24,25)27-19-11-15(2)21(26-13-28)20(23)12-19;1-14-3-5-16(6-4-14)17-7-9-18(10-8-17)19-11-15(2)21(23-13-24)20(22)12-19/h11-12,14,16-18H,3-10H2,1-2H3;11-12,14,16-18H,3-10H2,1-2H3. The molecule has 4 aliphatic rings. The number of halogens is 4. The molecule has 0 saturated heterocycles. The molecule has 4 saturated carbocycles. The van der Waals surface area contributed by atoms with Gasteiger partial charge in [-0.2, -0.15) is 18.8 Å². The number of isothiocyanates is 2. The van der Waals surface area contributed by atoms with Crippen molar-refractivity contribution in [3.05, 3.63) is 52.6 Å². The molecule has 2 aromatic carbocycles. The van der Waals surface area contributed by atoms with Crippen LogP contribution in [0.4, 0.5) is 28.9 Å². The van der Waals surface area contributed by atoms with E-state index in [1.807, 2.05) is 6.92 Å². The Hall–Kier alpha value is -2.44. The van der Waals surface area contributed by atoms with Gasteiger partial charge in [0.05, 0.1) is 16.2 Å². The van der Waals surface area contributed by atoms with Gasteiger partial charge in [0, 0.05) is 6.07 Å². The second-order valence-corrected chi connectivity index (χ2v) is 16.9. The molecule has 2 aromatic rings. The number of nitrogens with zero attached hydrogens (tertiary/aromatic N) is 2. The third kappa shape index (κ3) is 10.6. The van der Waals surface area contributed by atoms with Crippen LogP contribution in [-0.2, 0) is 0 Å². The van der Waals surface area contributed by atoms with Crippen LogP contribution in [0.15, 0.2) is 34.3 Å². The van der Waals surface area contributed by atoms with Gasteiger partial charge in [0.2, 0.25) is 0 Å². The van der Waals surface area contributed by atoms with Crippen LogP contribution >= 0.6 is 24.4 Å². The van der Waals surface area contributed by atoms with Crippen LogP contribution in [0.5, 0.6) is 5.75 Å². The van der Waals surface area contributed by atoms with E-state index >= 15 is 0 Å². The second kappa shape index (κ2) is 18.7. The van der Waals surface area contributed by atoms with Crippen molar-refractivity contribution in [2.75, 3.05) is 0 Å². The van der Waals surface area contributed by atoms with E-state index in [-0.39, 0.29) is 17.3 Å². The highest BCUT2D eigenvalue weighted by molar-refractivity contribution is 7.78. The molecule has 0 unspecified atom stereocenters. The van der Waals surface area contributed by atoms with Crippen molar-refractivity contribution in [1.82, 2.24) is 0 Å². The van der Waals surface area contributed by atoms with E-state index in [2.05, 4.69) is 64.7 Å². The minimum Gasteiger partial charge on any atom is -0.432 e. The van der Waals surface area contributed by atoms with Gasteiger partial charge in [0.25, 0.3) is 0 Å². The maximum atomic E-state index is 14.7. The predicted octanol–water partition coefficient (Wildman–Crippen LogP) is 14.4. The van der Waals surface area contributed by atoms with Crippen LogP contribution in [0.25, 0.3) is 0 Å². The first-order valence-corrected chi connectivity index (χ1v) is 20.5. The Bertz CT molecular complexity index is 1540. The lowest BCUT2D eigenvalue weighted by Gasteiger charge is -2.38. The minimum atomic E-state index is -3.31. The van der Waals surface area contributed by atoms with E-state index < -0.39 is 17.8 Å². The summed E-state index contributed by atoms with van der Waals surface area (Å²) in [6.45, 7) is 8.17. The molecule has 0 amide bonds. The minimum absolute atomic E-state index is 0.00738.